The van der Waals surface area contributed by atoms with Crippen LogP contribution in [0.2, 0.25) is 0 Å². The van der Waals surface area contributed by atoms with Gasteiger partial charge in [0.25, 0.3) is 0 Å². The summed E-state index contributed by atoms with van der Waals surface area (Å²) >= 11 is 0. The molecule has 0 rings (SSSR count). The molecule has 27 heavy (non-hydrogen) atoms. The molecule has 0 aromatic heterocycles. The Labute approximate surface area is 167 Å². The molecule has 0 aliphatic heterocycles. The molecule has 0 amide bonds. The van der Waals surface area contributed by atoms with Gasteiger partial charge in [0.1, 0.15) is 0 Å². The molecule has 0 aliphatic carbocycles. The van der Waals surface area contributed by atoms with Crippen LogP contribution in [-0.2, 0) is 19.1 Å². The fraction of sp³-hybridized carbons (Fsp3) is 0.826. The van der Waals surface area contributed by atoms with Gasteiger partial charge in [-0.2, -0.15) is 0 Å². The summed E-state index contributed by atoms with van der Waals surface area (Å²) in [4.78, 5) is 23.4. The Balaban J connectivity index is 3.51. The molecule has 0 heterocycles. The molecule has 0 spiro atoms. The van der Waals surface area contributed by atoms with Crippen LogP contribution in [0, 0.1) is 5.92 Å². The predicted octanol–water partition coefficient (Wildman–Crippen LogP) is 6.38. The van der Waals surface area contributed by atoms with Crippen LogP contribution in [0.15, 0.2) is 12.7 Å². The second-order valence-electron chi connectivity index (χ2n) is 7.37. The molecule has 158 valence electrons. The van der Waals surface area contributed by atoms with Crippen molar-refractivity contribution in [2.24, 2.45) is 5.92 Å². The first-order valence-electron chi connectivity index (χ1n) is 11.1. The van der Waals surface area contributed by atoms with Gasteiger partial charge in [0, 0.05) is 12.8 Å². The third-order valence-corrected chi connectivity index (χ3v) is 4.85. The third-order valence-electron chi connectivity index (χ3n) is 4.85. The van der Waals surface area contributed by atoms with E-state index in [9.17, 15) is 9.59 Å². The molecule has 4 heteroatoms. The number of unbranched alkanes of at least 4 members (excludes halogenated alkanes) is 7. The van der Waals surface area contributed by atoms with Crippen LogP contribution in [0.25, 0.3) is 0 Å². The van der Waals surface area contributed by atoms with Gasteiger partial charge in [-0.05, 0) is 38.0 Å². The summed E-state index contributed by atoms with van der Waals surface area (Å²) in [6, 6.07) is 0. The van der Waals surface area contributed by atoms with E-state index in [1.54, 1.807) is 0 Å². The summed E-state index contributed by atoms with van der Waals surface area (Å²) in [6.45, 7) is 9.02. The van der Waals surface area contributed by atoms with Crippen molar-refractivity contribution in [2.75, 3.05) is 13.2 Å². The van der Waals surface area contributed by atoms with Crippen molar-refractivity contribution in [2.45, 2.75) is 104 Å². The zero-order valence-electron chi connectivity index (χ0n) is 17.8. The molecule has 1 unspecified atom stereocenters. The molecule has 0 fully saturated rings. The number of carbonyl (C=O) groups is 2. The van der Waals surface area contributed by atoms with Crippen molar-refractivity contribution in [1.29, 1.82) is 0 Å². The SMILES string of the molecule is C=CCCCCCCCCOC(=O)CCCC(=O)OCC(CC)CCCC. The number of allylic oxidation sites excluding steroid dienone is 1. The Morgan fingerprint density at radius 1 is 0.852 bits per heavy atom. The van der Waals surface area contributed by atoms with Gasteiger partial charge in [0.2, 0.25) is 0 Å². The zero-order chi connectivity index (χ0) is 20.2. The average molecular weight is 383 g/mol. The van der Waals surface area contributed by atoms with Gasteiger partial charge < -0.3 is 9.47 Å². The second-order valence-corrected chi connectivity index (χ2v) is 7.37. The minimum Gasteiger partial charge on any atom is -0.466 e. The van der Waals surface area contributed by atoms with E-state index < -0.39 is 0 Å². The number of rotatable bonds is 19. The molecule has 0 saturated carbocycles. The lowest BCUT2D eigenvalue weighted by atomic mass is 10.0. The minimum absolute atomic E-state index is 0.200. The average Bonchev–Trinajstić information content (AvgIpc) is 2.67. The van der Waals surface area contributed by atoms with Crippen molar-refractivity contribution in [3.8, 4) is 0 Å². The fourth-order valence-corrected chi connectivity index (χ4v) is 2.91. The summed E-state index contributed by atoms with van der Waals surface area (Å²) in [5, 5.41) is 0. The maximum absolute atomic E-state index is 11.8. The number of carbonyl (C=O) groups excluding carboxylic acids is 2. The van der Waals surface area contributed by atoms with E-state index in [0.717, 1.165) is 32.1 Å². The maximum Gasteiger partial charge on any atom is 0.305 e. The highest BCUT2D eigenvalue weighted by Crippen LogP contribution is 2.13. The number of ether oxygens (including phenoxy) is 2. The Bertz CT molecular complexity index is 379. The molecule has 0 aliphatic rings. The van der Waals surface area contributed by atoms with E-state index in [0.29, 0.717) is 38.4 Å². The van der Waals surface area contributed by atoms with Crippen LogP contribution < -0.4 is 0 Å². The molecular formula is C23H42O4. The monoisotopic (exact) mass is 382 g/mol. The highest BCUT2D eigenvalue weighted by atomic mass is 16.5. The normalized spacial score (nSPS) is 11.8. The van der Waals surface area contributed by atoms with E-state index in [4.69, 9.17) is 9.47 Å². The minimum atomic E-state index is -0.205. The lowest BCUT2D eigenvalue weighted by Gasteiger charge is -2.14. The summed E-state index contributed by atoms with van der Waals surface area (Å²) in [6.07, 6.45) is 15.6. The van der Waals surface area contributed by atoms with Crippen molar-refractivity contribution < 1.29 is 19.1 Å². The van der Waals surface area contributed by atoms with Gasteiger partial charge >= 0.3 is 11.9 Å². The molecule has 0 bridgehead atoms. The van der Waals surface area contributed by atoms with Gasteiger partial charge in [-0.3, -0.25) is 9.59 Å². The smallest absolute Gasteiger partial charge is 0.305 e. The van der Waals surface area contributed by atoms with Crippen LogP contribution in [0.1, 0.15) is 104 Å². The number of hydrogen-bond donors (Lipinski definition) is 0. The standard InChI is InChI=1S/C23H42O4/c1-4-7-9-10-11-12-13-14-19-26-22(24)17-15-18-23(25)27-20-21(6-3)16-8-5-2/h4,21H,1,5-20H2,2-3H3. The predicted molar refractivity (Wildman–Crippen MR) is 112 cm³/mol. The summed E-state index contributed by atoms with van der Waals surface area (Å²) in [5.41, 5.74) is 0. The maximum atomic E-state index is 11.8. The quantitative estimate of drug-likeness (QED) is 0.148. The van der Waals surface area contributed by atoms with Gasteiger partial charge in [-0.15, -0.1) is 6.58 Å². The highest BCUT2D eigenvalue weighted by Gasteiger charge is 2.11. The zero-order valence-corrected chi connectivity index (χ0v) is 17.8. The molecule has 0 aromatic rings. The number of esters is 2. The van der Waals surface area contributed by atoms with Crippen LogP contribution in [-0.4, -0.2) is 25.2 Å². The van der Waals surface area contributed by atoms with E-state index in [1.165, 1.54) is 38.5 Å². The van der Waals surface area contributed by atoms with Crippen LogP contribution in [0.4, 0.5) is 0 Å². The largest absolute Gasteiger partial charge is 0.466 e. The van der Waals surface area contributed by atoms with Gasteiger partial charge in [0.05, 0.1) is 13.2 Å². The first kappa shape index (κ1) is 25.7. The molecule has 0 aromatic carbocycles. The van der Waals surface area contributed by atoms with Crippen molar-refractivity contribution in [1.82, 2.24) is 0 Å². The molecule has 0 saturated heterocycles. The first-order valence-corrected chi connectivity index (χ1v) is 11.1. The van der Waals surface area contributed by atoms with Crippen LogP contribution >= 0.6 is 0 Å². The van der Waals surface area contributed by atoms with E-state index >= 15 is 0 Å². The summed E-state index contributed by atoms with van der Waals surface area (Å²) in [7, 11) is 0. The summed E-state index contributed by atoms with van der Waals surface area (Å²) in [5.74, 6) is 0.0539. The molecule has 0 N–H and O–H groups in total. The van der Waals surface area contributed by atoms with E-state index in [-0.39, 0.29) is 11.9 Å². The van der Waals surface area contributed by atoms with Crippen LogP contribution in [0.5, 0.6) is 0 Å². The summed E-state index contributed by atoms with van der Waals surface area (Å²) < 4.78 is 10.6. The van der Waals surface area contributed by atoms with E-state index in [1.807, 2.05) is 6.08 Å². The van der Waals surface area contributed by atoms with Gasteiger partial charge in [-0.25, -0.2) is 0 Å². The van der Waals surface area contributed by atoms with E-state index in [2.05, 4.69) is 20.4 Å². The Hall–Kier alpha value is -1.32. The van der Waals surface area contributed by atoms with Gasteiger partial charge in [-0.1, -0.05) is 64.9 Å². The van der Waals surface area contributed by atoms with Crippen molar-refractivity contribution in [3.63, 3.8) is 0 Å². The Morgan fingerprint density at radius 3 is 2.11 bits per heavy atom. The van der Waals surface area contributed by atoms with Gasteiger partial charge in [0.15, 0.2) is 0 Å². The lowest BCUT2D eigenvalue weighted by Crippen LogP contribution is -2.14. The van der Waals surface area contributed by atoms with Crippen LogP contribution in [0.3, 0.4) is 0 Å². The Kier molecular flexibility index (Phi) is 18.5. The topological polar surface area (TPSA) is 52.6 Å². The molecule has 0 radical (unpaired) electrons. The number of hydrogen-bond acceptors (Lipinski definition) is 4. The Morgan fingerprint density at radius 2 is 1.48 bits per heavy atom. The first-order chi connectivity index (χ1) is 13.1. The second kappa shape index (κ2) is 19.4. The van der Waals surface area contributed by atoms with Crippen molar-refractivity contribution in [3.05, 3.63) is 12.7 Å². The fourth-order valence-electron chi connectivity index (χ4n) is 2.91. The molecular weight excluding hydrogens is 340 g/mol. The van der Waals surface area contributed by atoms with Crippen molar-refractivity contribution >= 4 is 11.9 Å². The molecule has 4 nitrogen and oxygen atoms in total. The lowest BCUT2D eigenvalue weighted by molar-refractivity contribution is -0.146. The highest BCUT2D eigenvalue weighted by molar-refractivity contribution is 5.72. The molecule has 1 atom stereocenters. The third kappa shape index (κ3) is 17.8.